The molecule has 7 nitrogen and oxygen atoms in total. The van der Waals surface area contributed by atoms with Crippen molar-refractivity contribution in [1.82, 2.24) is 15.5 Å². The second kappa shape index (κ2) is 9.48. The van der Waals surface area contributed by atoms with Crippen LogP contribution in [0.1, 0.15) is 42.7 Å². The van der Waals surface area contributed by atoms with Crippen LogP contribution >= 0.6 is 0 Å². The first-order valence-electron chi connectivity index (χ1n) is 9.60. The maximum Gasteiger partial charge on any atom is 0.254 e. The van der Waals surface area contributed by atoms with Crippen LogP contribution in [0.25, 0.3) is 0 Å². The maximum atomic E-state index is 13.3. The van der Waals surface area contributed by atoms with Crippen LogP contribution in [0.5, 0.6) is 0 Å². The highest BCUT2D eigenvalue weighted by Crippen LogP contribution is 2.24. The molecule has 1 unspecified atom stereocenters. The summed E-state index contributed by atoms with van der Waals surface area (Å²) in [4.78, 5) is 24.6. The zero-order valence-electron chi connectivity index (χ0n) is 16.9. The SMILES string of the molecule is CC(c1ccccc1)c1cc(NC(=O)[C@H](C)NC(=O)[C@@H](O)c2cc(F)cc(F)c2)n[nH]1. The number of amides is 2. The summed E-state index contributed by atoms with van der Waals surface area (Å²) < 4.78 is 26.6. The molecule has 0 bridgehead atoms. The van der Waals surface area contributed by atoms with Gasteiger partial charge in [-0.25, -0.2) is 8.78 Å². The molecule has 0 spiro atoms. The van der Waals surface area contributed by atoms with Crippen LogP contribution in [0.4, 0.5) is 14.6 Å². The van der Waals surface area contributed by atoms with Gasteiger partial charge in [0.15, 0.2) is 11.9 Å². The number of carbonyl (C=O) groups excluding carboxylic acids is 2. The quantitative estimate of drug-likeness (QED) is 0.464. The molecule has 2 aromatic carbocycles. The van der Waals surface area contributed by atoms with Crippen molar-refractivity contribution < 1.29 is 23.5 Å². The number of nitrogens with one attached hydrogen (secondary N) is 3. The number of hydrogen-bond acceptors (Lipinski definition) is 4. The predicted molar refractivity (Wildman–Crippen MR) is 110 cm³/mol. The predicted octanol–water partition coefficient (Wildman–Crippen LogP) is 3.02. The summed E-state index contributed by atoms with van der Waals surface area (Å²) in [6, 6.07) is 12.7. The summed E-state index contributed by atoms with van der Waals surface area (Å²) in [6.45, 7) is 3.40. The maximum absolute atomic E-state index is 13.3. The molecular formula is C22H22F2N4O3. The van der Waals surface area contributed by atoms with E-state index in [4.69, 9.17) is 0 Å². The number of halogens is 2. The average Bonchev–Trinajstić information content (AvgIpc) is 3.20. The molecule has 162 valence electrons. The van der Waals surface area contributed by atoms with Crippen LogP contribution in [0, 0.1) is 11.6 Å². The van der Waals surface area contributed by atoms with Crippen molar-refractivity contribution in [1.29, 1.82) is 0 Å². The largest absolute Gasteiger partial charge is 0.378 e. The van der Waals surface area contributed by atoms with E-state index in [2.05, 4.69) is 20.8 Å². The van der Waals surface area contributed by atoms with Gasteiger partial charge in [0.1, 0.15) is 17.7 Å². The van der Waals surface area contributed by atoms with Gasteiger partial charge in [-0.2, -0.15) is 5.10 Å². The van der Waals surface area contributed by atoms with Gasteiger partial charge in [-0.3, -0.25) is 14.7 Å². The summed E-state index contributed by atoms with van der Waals surface area (Å²) in [5.74, 6) is -3.09. The minimum Gasteiger partial charge on any atom is -0.378 e. The summed E-state index contributed by atoms with van der Waals surface area (Å²) in [6.07, 6.45) is -1.83. The summed E-state index contributed by atoms with van der Waals surface area (Å²) in [5.41, 5.74) is 1.61. The number of nitrogens with zero attached hydrogens (tertiary/aromatic N) is 1. The molecule has 0 aliphatic rings. The minimum absolute atomic E-state index is 0.0262. The molecule has 0 aliphatic heterocycles. The zero-order chi connectivity index (χ0) is 22.5. The minimum atomic E-state index is -1.83. The van der Waals surface area contributed by atoms with Crippen LogP contribution in [0.3, 0.4) is 0 Å². The third-order valence-corrected chi connectivity index (χ3v) is 4.82. The van der Waals surface area contributed by atoms with Gasteiger partial charge in [0.2, 0.25) is 5.91 Å². The first kappa shape index (κ1) is 22.1. The molecule has 9 heteroatoms. The number of H-pyrrole nitrogens is 1. The molecule has 4 N–H and O–H groups in total. The van der Waals surface area contributed by atoms with E-state index in [0.717, 1.165) is 23.4 Å². The van der Waals surface area contributed by atoms with Crippen molar-refractivity contribution in [3.05, 3.63) is 83.1 Å². The number of carbonyl (C=O) groups is 2. The van der Waals surface area contributed by atoms with Gasteiger partial charge in [-0.1, -0.05) is 37.3 Å². The highest BCUT2D eigenvalue weighted by Gasteiger charge is 2.24. The first-order chi connectivity index (χ1) is 14.7. The Morgan fingerprint density at radius 2 is 1.61 bits per heavy atom. The van der Waals surface area contributed by atoms with Crippen molar-refractivity contribution in [3.8, 4) is 0 Å². The number of aromatic amines is 1. The van der Waals surface area contributed by atoms with Gasteiger partial charge in [0, 0.05) is 23.7 Å². The lowest BCUT2D eigenvalue weighted by Gasteiger charge is -2.16. The topological polar surface area (TPSA) is 107 Å². The van der Waals surface area contributed by atoms with E-state index >= 15 is 0 Å². The van der Waals surface area contributed by atoms with Crippen molar-refractivity contribution >= 4 is 17.6 Å². The van der Waals surface area contributed by atoms with Gasteiger partial charge in [-0.05, 0) is 30.2 Å². The van der Waals surface area contributed by atoms with E-state index in [1.807, 2.05) is 37.3 Å². The molecule has 0 fully saturated rings. The smallest absolute Gasteiger partial charge is 0.254 e. The second-order valence-electron chi connectivity index (χ2n) is 7.17. The number of aromatic nitrogens is 2. The molecule has 0 aliphatic carbocycles. The second-order valence-corrected chi connectivity index (χ2v) is 7.17. The lowest BCUT2D eigenvalue weighted by molar-refractivity contribution is -0.132. The van der Waals surface area contributed by atoms with E-state index in [0.29, 0.717) is 6.07 Å². The number of aliphatic hydroxyl groups is 1. The Labute approximate surface area is 177 Å². The number of aliphatic hydroxyl groups excluding tert-OH is 1. The van der Waals surface area contributed by atoms with Crippen molar-refractivity contribution in [2.75, 3.05) is 5.32 Å². The van der Waals surface area contributed by atoms with E-state index in [1.54, 1.807) is 6.07 Å². The van der Waals surface area contributed by atoms with Gasteiger partial charge in [-0.15, -0.1) is 0 Å². The Kier molecular flexibility index (Phi) is 6.76. The molecule has 0 saturated heterocycles. The molecule has 3 rings (SSSR count). The van der Waals surface area contributed by atoms with Gasteiger partial charge in [0.25, 0.3) is 5.91 Å². The Morgan fingerprint density at radius 1 is 0.968 bits per heavy atom. The van der Waals surface area contributed by atoms with Crippen molar-refractivity contribution in [2.24, 2.45) is 0 Å². The number of hydrogen-bond donors (Lipinski definition) is 4. The first-order valence-corrected chi connectivity index (χ1v) is 9.60. The zero-order valence-corrected chi connectivity index (χ0v) is 16.9. The van der Waals surface area contributed by atoms with Crippen LogP contribution in [-0.2, 0) is 9.59 Å². The van der Waals surface area contributed by atoms with Crippen LogP contribution in [0.15, 0.2) is 54.6 Å². The molecule has 2 amide bonds. The van der Waals surface area contributed by atoms with Crippen LogP contribution < -0.4 is 10.6 Å². The van der Waals surface area contributed by atoms with Crippen molar-refractivity contribution in [3.63, 3.8) is 0 Å². The Bertz CT molecular complexity index is 1050. The number of rotatable bonds is 7. The number of benzene rings is 2. The third kappa shape index (κ3) is 5.52. The van der Waals surface area contributed by atoms with Gasteiger partial charge in [0.05, 0.1) is 0 Å². The fourth-order valence-corrected chi connectivity index (χ4v) is 3.02. The lowest BCUT2D eigenvalue weighted by Crippen LogP contribution is -2.43. The summed E-state index contributed by atoms with van der Waals surface area (Å²) in [7, 11) is 0. The van der Waals surface area contributed by atoms with Crippen molar-refractivity contribution in [2.45, 2.75) is 31.9 Å². The van der Waals surface area contributed by atoms with E-state index in [-0.39, 0.29) is 17.3 Å². The molecule has 3 atom stereocenters. The van der Waals surface area contributed by atoms with E-state index in [1.165, 1.54) is 6.92 Å². The van der Waals surface area contributed by atoms with Crippen LogP contribution in [0.2, 0.25) is 0 Å². The Morgan fingerprint density at radius 3 is 2.26 bits per heavy atom. The molecule has 1 aromatic heterocycles. The Hall–Kier alpha value is -3.59. The van der Waals surface area contributed by atoms with E-state index in [9.17, 15) is 23.5 Å². The average molecular weight is 428 g/mol. The fourth-order valence-electron chi connectivity index (χ4n) is 3.02. The summed E-state index contributed by atoms with van der Waals surface area (Å²) >= 11 is 0. The molecule has 1 heterocycles. The molecule has 0 radical (unpaired) electrons. The lowest BCUT2D eigenvalue weighted by atomic mass is 9.98. The molecular weight excluding hydrogens is 406 g/mol. The highest BCUT2D eigenvalue weighted by molar-refractivity contribution is 5.97. The molecule has 3 aromatic rings. The van der Waals surface area contributed by atoms with Crippen LogP contribution in [-0.4, -0.2) is 33.2 Å². The normalized spacial score (nSPS) is 13.8. The Balaban J connectivity index is 1.59. The van der Waals surface area contributed by atoms with Gasteiger partial charge >= 0.3 is 0 Å². The highest BCUT2D eigenvalue weighted by atomic mass is 19.1. The third-order valence-electron chi connectivity index (χ3n) is 4.82. The molecule has 0 saturated carbocycles. The fraction of sp³-hybridized carbons (Fsp3) is 0.227. The van der Waals surface area contributed by atoms with E-state index < -0.39 is 35.6 Å². The van der Waals surface area contributed by atoms with Gasteiger partial charge < -0.3 is 15.7 Å². The monoisotopic (exact) mass is 428 g/mol. The standard InChI is InChI=1S/C22H22F2N4O3/c1-12(14-6-4-3-5-7-14)18-11-19(28-27-18)26-21(30)13(2)25-22(31)20(29)15-8-16(23)10-17(24)9-15/h3-13,20,29H,1-2H3,(H,25,31)(H2,26,27,28,30)/t12?,13-,20-/m0/s1. The summed E-state index contributed by atoms with van der Waals surface area (Å²) in [5, 5.41) is 21.9. The molecule has 31 heavy (non-hydrogen) atoms. The number of anilines is 1.